The van der Waals surface area contributed by atoms with Crippen molar-refractivity contribution < 1.29 is 48.0 Å². The molecule has 4 saturated carbocycles. The summed E-state index contributed by atoms with van der Waals surface area (Å²) >= 11 is 0. The average molecular weight is 559 g/mol. The van der Waals surface area contributed by atoms with E-state index in [1.807, 2.05) is 6.92 Å². The molecule has 5 fully saturated rings. The van der Waals surface area contributed by atoms with Crippen LogP contribution in [0.5, 0.6) is 0 Å². The fourth-order valence-electron chi connectivity index (χ4n) is 10.5. The van der Waals surface area contributed by atoms with Crippen LogP contribution in [0.15, 0.2) is 23.0 Å². The lowest BCUT2D eigenvalue weighted by Gasteiger charge is -2.68. The van der Waals surface area contributed by atoms with Crippen molar-refractivity contribution in [2.45, 2.75) is 103 Å². The zero-order chi connectivity index (χ0) is 29.2. The molecule has 6 rings (SSSR count). The molecule has 1 spiro atoms. The van der Waals surface area contributed by atoms with E-state index >= 15 is 0 Å². The Morgan fingerprint density at radius 2 is 1.73 bits per heavy atom. The fraction of sp³-hybridized carbons (Fsp3) is 0.733. The van der Waals surface area contributed by atoms with Crippen molar-refractivity contribution in [2.24, 2.45) is 34.0 Å². The Morgan fingerprint density at radius 1 is 1.05 bits per heavy atom. The Kier molecular flexibility index (Phi) is 5.70. The number of carbonyl (C=O) groups excluding carboxylic acids is 4. The first kappa shape index (κ1) is 27.6. The van der Waals surface area contributed by atoms with Crippen molar-refractivity contribution in [3.8, 4) is 0 Å². The van der Waals surface area contributed by atoms with Crippen LogP contribution in [0.2, 0.25) is 0 Å². The first-order valence-electron chi connectivity index (χ1n) is 14.1. The van der Waals surface area contributed by atoms with Gasteiger partial charge in [-0.2, -0.15) is 0 Å². The van der Waals surface area contributed by atoms with E-state index < -0.39 is 87.3 Å². The van der Waals surface area contributed by atoms with Gasteiger partial charge in [0.1, 0.15) is 18.0 Å². The minimum absolute atomic E-state index is 0.0320. The topological polar surface area (TPSA) is 150 Å². The largest absolute Gasteiger partial charge is 0.472 e. The number of Topliss-reactive ketones (excluding diaryl/α,β-unsaturated/α-hetero) is 2. The fourth-order valence-corrected chi connectivity index (χ4v) is 10.5. The van der Waals surface area contributed by atoms with Crippen LogP contribution in [0.4, 0.5) is 0 Å². The molecule has 10 nitrogen and oxygen atoms in total. The molecular formula is C30H38O10. The number of fused-ring (bicyclic) bond motifs is 3. The third-order valence-corrected chi connectivity index (χ3v) is 11.6. The third kappa shape index (κ3) is 3.05. The monoisotopic (exact) mass is 558 g/mol. The standard InChI is InChI=1S/C30H38O10/c1-14(31)38-22-24-28(6,21(35)12-19-26(3,4)40-30(36)20(34)7-9-29(19,24)30)23-18(33)11-17(16-8-10-37-13-16)27(23,5)25(22)39-15(2)32/h8,10,13,17,19,21-25,35-36H,7,9,11-12H2,1-6H3. The Labute approximate surface area is 232 Å². The average Bonchev–Trinajstić information content (AvgIpc) is 3.55. The van der Waals surface area contributed by atoms with Crippen molar-refractivity contribution >= 4 is 23.5 Å². The number of hydrogen-bond donors (Lipinski definition) is 2. The van der Waals surface area contributed by atoms with E-state index in [9.17, 15) is 29.4 Å². The molecule has 1 aliphatic heterocycles. The molecule has 40 heavy (non-hydrogen) atoms. The summed E-state index contributed by atoms with van der Waals surface area (Å²) in [4.78, 5) is 53.0. The van der Waals surface area contributed by atoms with Gasteiger partial charge in [-0.15, -0.1) is 0 Å². The van der Waals surface area contributed by atoms with Crippen molar-refractivity contribution in [2.75, 3.05) is 0 Å². The predicted octanol–water partition coefficient (Wildman–Crippen LogP) is 2.69. The van der Waals surface area contributed by atoms with Crippen molar-refractivity contribution in [1.29, 1.82) is 0 Å². The molecule has 11 atom stereocenters. The van der Waals surface area contributed by atoms with Gasteiger partial charge in [0.25, 0.3) is 0 Å². The van der Waals surface area contributed by atoms with E-state index in [1.54, 1.807) is 33.1 Å². The summed E-state index contributed by atoms with van der Waals surface area (Å²) in [5.41, 5.74) is -3.95. The highest BCUT2D eigenvalue weighted by molar-refractivity contribution is 5.91. The number of esters is 2. The summed E-state index contributed by atoms with van der Waals surface area (Å²) in [6, 6.07) is 1.76. The van der Waals surface area contributed by atoms with Crippen LogP contribution in [0.25, 0.3) is 0 Å². The molecule has 5 aliphatic rings. The second-order valence-electron chi connectivity index (χ2n) is 13.6. The number of aliphatic hydroxyl groups is 2. The molecule has 0 amide bonds. The lowest BCUT2D eigenvalue weighted by molar-refractivity contribution is -0.310. The number of ether oxygens (including phenoxy) is 3. The van der Waals surface area contributed by atoms with Crippen LogP contribution in [0.1, 0.15) is 78.7 Å². The number of aliphatic hydroxyl groups excluding tert-OH is 1. The lowest BCUT2D eigenvalue weighted by Crippen LogP contribution is -2.76. The zero-order valence-corrected chi connectivity index (χ0v) is 23.8. The Morgan fingerprint density at radius 3 is 2.33 bits per heavy atom. The molecule has 2 heterocycles. The first-order valence-corrected chi connectivity index (χ1v) is 14.1. The Hall–Kier alpha value is -2.56. The molecule has 0 radical (unpaired) electrons. The van der Waals surface area contributed by atoms with Gasteiger partial charge in [-0.1, -0.05) is 13.8 Å². The lowest BCUT2D eigenvalue weighted by atomic mass is 9.37. The molecule has 1 aromatic rings. The van der Waals surface area contributed by atoms with Crippen molar-refractivity contribution in [1.82, 2.24) is 0 Å². The van der Waals surface area contributed by atoms with Crippen molar-refractivity contribution in [3.05, 3.63) is 24.2 Å². The zero-order valence-electron chi connectivity index (χ0n) is 23.8. The van der Waals surface area contributed by atoms with Crippen LogP contribution < -0.4 is 0 Å². The van der Waals surface area contributed by atoms with E-state index in [1.165, 1.54) is 20.1 Å². The Balaban J connectivity index is 1.67. The third-order valence-electron chi connectivity index (χ3n) is 11.6. The molecule has 4 aliphatic carbocycles. The second-order valence-corrected chi connectivity index (χ2v) is 13.6. The number of carbonyl (C=O) groups is 4. The van der Waals surface area contributed by atoms with Crippen LogP contribution in [-0.4, -0.2) is 63.4 Å². The van der Waals surface area contributed by atoms with E-state index in [0.29, 0.717) is 0 Å². The van der Waals surface area contributed by atoms with Gasteiger partial charge in [-0.05, 0) is 38.3 Å². The summed E-state index contributed by atoms with van der Waals surface area (Å²) in [6.45, 7) is 9.73. The van der Waals surface area contributed by atoms with Crippen LogP contribution in [-0.2, 0) is 33.4 Å². The van der Waals surface area contributed by atoms with Gasteiger partial charge in [-0.25, -0.2) is 0 Å². The predicted molar refractivity (Wildman–Crippen MR) is 136 cm³/mol. The van der Waals surface area contributed by atoms with Crippen LogP contribution in [0, 0.1) is 34.0 Å². The van der Waals surface area contributed by atoms with Gasteiger partial charge in [0.15, 0.2) is 5.78 Å². The van der Waals surface area contributed by atoms with Gasteiger partial charge < -0.3 is 28.8 Å². The van der Waals surface area contributed by atoms with E-state index in [2.05, 4.69) is 0 Å². The maximum Gasteiger partial charge on any atom is 0.303 e. The van der Waals surface area contributed by atoms with Crippen LogP contribution in [0.3, 0.4) is 0 Å². The summed E-state index contributed by atoms with van der Waals surface area (Å²) in [6.07, 6.45) is 0.226. The van der Waals surface area contributed by atoms with Crippen molar-refractivity contribution in [3.63, 3.8) is 0 Å². The maximum atomic E-state index is 14.2. The number of hydrogen-bond acceptors (Lipinski definition) is 10. The minimum Gasteiger partial charge on any atom is -0.472 e. The highest BCUT2D eigenvalue weighted by atomic mass is 16.7. The number of furan rings is 1. The Bertz CT molecular complexity index is 1290. The summed E-state index contributed by atoms with van der Waals surface area (Å²) in [5.74, 6) is -6.85. The molecule has 11 unspecified atom stereocenters. The molecule has 0 aromatic carbocycles. The van der Waals surface area contributed by atoms with Gasteiger partial charge in [-0.3, -0.25) is 19.2 Å². The molecule has 2 N–H and O–H groups in total. The van der Waals surface area contributed by atoms with E-state index in [0.717, 1.165) is 5.56 Å². The summed E-state index contributed by atoms with van der Waals surface area (Å²) in [5, 5.41) is 24.2. The van der Waals surface area contributed by atoms with E-state index in [-0.39, 0.29) is 31.5 Å². The normalized spacial score (nSPS) is 48.6. The van der Waals surface area contributed by atoms with E-state index in [4.69, 9.17) is 18.6 Å². The highest BCUT2D eigenvalue weighted by Crippen LogP contribution is 2.78. The number of ketones is 2. The summed E-state index contributed by atoms with van der Waals surface area (Å²) < 4.78 is 23.7. The van der Waals surface area contributed by atoms with Crippen LogP contribution >= 0.6 is 0 Å². The second kappa shape index (κ2) is 8.26. The molecule has 1 saturated heterocycles. The quantitative estimate of drug-likeness (QED) is 0.530. The SMILES string of the molecule is CC(=O)OC1C(OC(C)=O)C2(C)C(c3ccoc3)CC(=O)C2C2(C)C(O)CC3C(C)(C)OC4(O)C(=O)CCC34C12. The molecular weight excluding hydrogens is 520 g/mol. The van der Waals surface area contributed by atoms with Gasteiger partial charge in [0.05, 0.1) is 24.2 Å². The summed E-state index contributed by atoms with van der Waals surface area (Å²) in [7, 11) is 0. The van der Waals surface area contributed by atoms with Gasteiger partial charge in [0, 0.05) is 66.6 Å². The number of rotatable bonds is 3. The maximum absolute atomic E-state index is 14.2. The molecule has 218 valence electrons. The van der Waals surface area contributed by atoms with Gasteiger partial charge in [0.2, 0.25) is 5.79 Å². The molecule has 0 bridgehead atoms. The molecule has 1 aromatic heterocycles. The molecule has 10 heteroatoms. The van der Waals surface area contributed by atoms with Gasteiger partial charge >= 0.3 is 11.9 Å². The smallest absolute Gasteiger partial charge is 0.303 e. The minimum atomic E-state index is -2.22. The first-order chi connectivity index (χ1) is 18.6. The highest BCUT2D eigenvalue weighted by Gasteiger charge is 2.86.